The zero-order chi connectivity index (χ0) is 18.5. The van der Waals surface area contributed by atoms with E-state index in [0.29, 0.717) is 16.3 Å². The number of urea groups is 1. The summed E-state index contributed by atoms with van der Waals surface area (Å²) in [6.07, 6.45) is 1.63. The minimum absolute atomic E-state index is 0.00529. The topological polar surface area (TPSA) is 124 Å². The number of benzene rings is 2. The second-order valence-electron chi connectivity index (χ2n) is 6.21. The van der Waals surface area contributed by atoms with E-state index in [-0.39, 0.29) is 23.9 Å². The normalized spacial score (nSPS) is 19.5. The monoisotopic (exact) mass is 353 g/mol. The molecule has 8 heteroatoms. The molecule has 0 spiro atoms. The van der Waals surface area contributed by atoms with Crippen molar-refractivity contribution >= 4 is 22.7 Å². The van der Waals surface area contributed by atoms with Crippen LogP contribution in [0.2, 0.25) is 0 Å². The van der Waals surface area contributed by atoms with Crippen LogP contribution < -0.4 is 10.6 Å². The Morgan fingerprint density at radius 2 is 1.65 bits per heavy atom. The predicted octanol–water partition coefficient (Wildman–Crippen LogP) is 1.49. The first-order chi connectivity index (χ1) is 12.4. The van der Waals surface area contributed by atoms with Gasteiger partial charge in [-0.1, -0.05) is 12.1 Å². The smallest absolute Gasteiger partial charge is 0.322 e. The Morgan fingerprint density at radius 3 is 2.31 bits per heavy atom. The molecule has 1 aliphatic rings. The highest BCUT2D eigenvalue weighted by Crippen LogP contribution is 2.34. The van der Waals surface area contributed by atoms with Gasteiger partial charge in [0.15, 0.2) is 11.4 Å². The average molecular weight is 353 g/mol. The van der Waals surface area contributed by atoms with Gasteiger partial charge in [0.25, 0.3) is 5.91 Å². The molecular weight excluding hydrogens is 338 g/mol. The van der Waals surface area contributed by atoms with Gasteiger partial charge in [0.1, 0.15) is 11.5 Å². The third kappa shape index (κ3) is 2.31. The van der Waals surface area contributed by atoms with Gasteiger partial charge in [-0.25, -0.2) is 4.79 Å². The second-order valence-corrected chi connectivity index (χ2v) is 6.21. The fraction of sp³-hybridized carbons (Fsp3) is 0.111. The van der Waals surface area contributed by atoms with Crippen LogP contribution >= 0.6 is 0 Å². The van der Waals surface area contributed by atoms with Crippen LogP contribution in [0, 0.1) is 0 Å². The molecule has 1 fully saturated rings. The van der Waals surface area contributed by atoms with E-state index in [1.54, 1.807) is 12.3 Å². The lowest BCUT2D eigenvalue weighted by molar-refractivity contribution is -0.124. The van der Waals surface area contributed by atoms with Crippen LogP contribution in [0.5, 0.6) is 17.4 Å². The summed E-state index contributed by atoms with van der Waals surface area (Å²) in [6.45, 7) is -0.0728. The molecule has 4 rings (SSSR count). The van der Waals surface area contributed by atoms with E-state index in [9.17, 15) is 24.9 Å². The number of carbonyl (C=O) groups excluding carboxylic acids is 2. The van der Waals surface area contributed by atoms with Crippen molar-refractivity contribution in [2.24, 2.45) is 0 Å². The predicted molar refractivity (Wildman–Crippen MR) is 91.7 cm³/mol. The first-order valence-corrected chi connectivity index (χ1v) is 7.83. The van der Waals surface area contributed by atoms with Gasteiger partial charge >= 0.3 is 6.03 Å². The van der Waals surface area contributed by atoms with E-state index in [0.717, 1.165) is 0 Å². The number of imide groups is 1. The number of aromatic hydroxyl groups is 3. The van der Waals surface area contributed by atoms with Crippen LogP contribution in [0.1, 0.15) is 5.56 Å². The molecule has 0 unspecified atom stereocenters. The van der Waals surface area contributed by atoms with Crippen molar-refractivity contribution in [1.82, 2.24) is 15.2 Å². The molecule has 3 amide bonds. The molecule has 1 saturated heterocycles. The fourth-order valence-corrected chi connectivity index (χ4v) is 3.25. The number of hydrogen-bond acceptors (Lipinski definition) is 5. The zero-order valence-electron chi connectivity index (χ0n) is 13.4. The van der Waals surface area contributed by atoms with Gasteiger partial charge in [0.05, 0.1) is 6.54 Å². The maximum absolute atomic E-state index is 12.6. The number of hydrogen-bond donors (Lipinski definition) is 5. The van der Waals surface area contributed by atoms with E-state index in [1.165, 1.54) is 41.0 Å². The summed E-state index contributed by atoms with van der Waals surface area (Å²) in [5.74, 6) is -0.666. The van der Waals surface area contributed by atoms with Gasteiger partial charge in [-0.3, -0.25) is 10.1 Å². The van der Waals surface area contributed by atoms with E-state index < -0.39 is 17.5 Å². The van der Waals surface area contributed by atoms with Gasteiger partial charge in [-0.15, -0.1) is 0 Å². The van der Waals surface area contributed by atoms with E-state index in [1.807, 2.05) is 0 Å². The van der Waals surface area contributed by atoms with Crippen LogP contribution in [-0.2, 0) is 16.9 Å². The number of fused-ring (bicyclic) bond motifs is 1. The van der Waals surface area contributed by atoms with Crippen molar-refractivity contribution < 1.29 is 24.9 Å². The second kappa shape index (κ2) is 5.41. The number of nitrogens with zero attached hydrogens (tertiary/aromatic N) is 1. The molecule has 132 valence electrons. The third-order valence-corrected chi connectivity index (χ3v) is 4.55. The number of phenolic OH excluding ortho intramolecular Hbond substituents is 2. The summed E-state index contributed by atoms with van der Waals surface area (Å²) in [6, 6.07) is 9.81. The van der Waals surface area contributed by atoms with Crippen molar-refractivity contribution in [2.75, 3.05) is 0 Å². The van der Waals surface area contributed by atoms with Crippen LogP contribution in [0.4, 0.5) is 4.79 Å². The number of phenols is 2. The molecule has 26 heavy (non-hydrogen) atoms. The lowest BCUT2D eigenvalue weighted by Gasteiger charge is -2.27. The van der Waals surface area contributed by atoms with Gasteiger partial charge in [-0.05, 0) is 35.9 Å². The van der Waals surface area contributed by atoms with Crippen molar-refractivity contribution in [2.45, 2.75) is 12.1 Å². The minimum Gasteiger partial charge on any atom is -0.508 e. The number of nitrogens with one attached hydrogen (secondary N) is 2. The van der Waals surface area contributed by atoms with E-state index in [4.69, 9.17) is 0 Å². The summed E-state index contributed by atoms with van der Waals surface area (Å²) in [4.78, 5) is 24.4. The van der Waals surface area contributed by atoms with Crippen LogP contribution in [0.3, 0.4) is 0 Å². The standard InChI is InChI=1S/C18H15N3O5/c22-12-5-2-11(3-6-12)18(16(25)19-17(26)20-18)9-21-8-10-1-4-13(23)7-14(10)15(21)24/h1-8,22-24H,9H2,(H2,19,20,25,26)/t18-/m0/s1. The molecule has 8 nitrogen and oxygen atoms in total. The molecule has 1 atom stereocenters. The SMILES string of the molecule is O=C1NC(=O)[C@](Cn2cc3ccc(O)cc3c2O)(c2ccc(O)cc2)N1. The fourth-order valence-electron chi connectivity index (χ4n) is 3.25. The summed E-state index contributed by atoms with van der Waals surface area (Å²) in [5.41, 5.74) is -0.988. The van der Waals surface area contributed by atoms with Gasteiger partial charge in [0.2, 0.25) is 0 Å². The highest BCUT2D eigenvalue weighted by atomic mass is 16.3. The average Bonchev–Trinajstić information content (AvgIpc) is 3.06. The summed E-state index contributed by atoms with van der Waals surface area (Å²) >= 11 is 0. The van der Waals surface area contributed by atoms with Crippen molar-refractivity contribution in [1.29, 1.82) is 0 Å². The molecule has 0 bridgehead atoms. The Balaban J connectivity index is 1.84. The molecule has 2 aromatic carbocycles. The van der Waals surface area contributed by atoms with Gasteiger partial charge in [0, 0.05) is 17.0 Å². The maximum Gasteiger partial charge on any atom is 0.322 e. The Labute approximate surface area is 147 Å². The van der Waals surface area contributed by atoms with Crippen LogP contribution in [0.15, 0.2) is 48.7 Å². The van der Waals surface area contributed by atoms with Gasteiger partial charge < -0.3 is 25.2 Å². The Kier molecular flexibility index (Phi) is 3.30. The molecule has 1 aliphatic heterocycles. The number of rotatable bonds is 3. The molecule has 3 aromatic rings. The highest BCUT2D eigenvalue weighted by Gasteiger charge is 2.48. The molecule has 1 aromatic heterocycles. The first kappa shape index (κ1) is 15.8. The number of aromatic nitrogens is 1. The maximum atomic E-state index is 12.6. The molecule has 2 heterocycles. The Bertz CT molecular complexity index is 1040. The molecule has 0 saturated carbocycles. The van der Waals surface area contributed by atoms with Gasteiger partial charge in [-0.2, -0.15) is 0 Å². The lowest BCUT2D eigenvalue weighted by atomic mass is 9.89. The lowest BCUT2D eigenvalue weighted by Crippen LogP contribution is -2.47. The quantitative estimate of drug-likeness (QED) is 0.457. The van der Waals surface area contributed by atoms with Crippen molar-refractivity contribution in [3.8, 4) is 17.4 Å². The molecule has 5 N–H and O–H groups in total. The summed E-state index contributed by atoms with van der Waals surface area (Å²) < 4.78 is 1.43. The molecule has 0 aliphatic carbocycles. The largest absolute Gasteiger partial charge is 0.508 e. The highest BCUT2D eigenvalue weighted by molar-refractivity contribution is 6.07. The van der Waals surface area contributed by atoms with Crippen molar-refractivity contribution in [3.05, 3.63) is 54.2 Å². The Hall–Kier alpha value is -3.68. The minimum atomic E-state index is -1.45. The molecule has 0 radical (unpaired) electrons. The van der Waals surface area contributed by atoms with Crippen LogP contribution in [-0.4, -0.2) is 31.8 Å². The first-order valence-electron chi connectivity index (χ1n) is 7.83. The summed E-state index contributed by atoms with van der Waals surface area (Å²) in [5, 5.41) is 35.6. The van der Waals surface area contributed by atoms with E-state index in [2.05, 4.69) is 10.6 Å². The number of carbonyl (C=O) groups is 2. The van der Waals surface area contributed by atoms with E-state index >= 15 is 0 Å². The summed E-state index contributed by atoms with van der Waals surface area (Å²) in [7, 11) is 0. The Morgan fingerprint density at radius 1 is 0.962 bits per heavy atom. The molecular formula is C18H15N3O5. The third-order valence-electron chi connectivity index (χ3n) is 4.55. The van der Waals surface area contributed by atoms with Crippen molar-refractivity contribution in [3.63, 3.8) is 0 Å². The number of amides is 3. The van der Waals surface area contributed by atoms with Crippen LogP contribution in [0.25, 0.3) is 10.8 Å². The zero-order valence-corrected chi connectivity index (χ0v) is 13.4.